The molecule has 0 N–H and O–H groups in total. The highest BCUT2D eigenvalue weighted by atomic mass is 28.3. The van der Waals surface area contributed by atoms with Gasteiger partial charge in [-0.1, -0.05) is 334 Å². The summed E-state index contributed by atoms with van der Waals surface area (Å²) in [4.78, 5) is 4.94. The van der Waals surface area contributed by atoms with Crippen molar-refractivity contribution in [1.82, 2.24) is 18.3 Å². The third kappa shape index (κ3) is 12.3. The van der Waals surface area contributed by atoms with Crippen LogP contribution in [0.2, 0.25) is 0 Å². The summed E-state index contributed by atoms with van der Waals surface area (Å²) in [6.45, 7) is 0. The Morgan fingerprint density at radius 3 is 0.692 bits per heavy atom. The summed E-state index contributed by atoms with van der Waals surface area (Å²) in [5.74, 6) is 0. The Kier molecular flexibility index (Phi) is 18.9. The van der Waals surface area contributed by atoms with Crippen molar-refractivity contribution in [1.29, 1.82) is 5.26 Å². The van der Waals surface area contributed by atoms with Gasteiger partial charge in [-0.2, -0.15) is 5.26 Å². The Morgan fingerprint density at radius 1 is 0.169 bits per heavy atom. The number of benzene rings is 20. The fourth-order valence-electron chi connectivity index (χ4n) is 21.4. The van der Waals surface area contributed by atoms with Gasteiger partial charge in [0.25, 0.3) is 0 Å². The lowest BCUT2D eigenvalue weighted by molar-refractivity contribution is 1.18. The van der Waals surface area contributed by atoms with E-state index in [1.54, 1.807) is 0 Å². The van der Waals surface area contributed by atoms with Crippen LogP contribution in [0.15, 0.2) is 504 Å². The summed E-state index contributed by atoms with van der Waals surface area (Å²) >= 11 is 0. The van der Waals surface area contributed by atoms with E-state index in [1.165, 1.54) is 164 Å². The summed E-state index contributed by atoms with van der Waals surface area (Å²) in [6, 6.07) is 185. The molecule has 130 heavy (non-hydrogen) atoms. The molecule has 0 radical (unpaired) electrons. The highest BCUT2D eigenvalue weighted by molar-refractivity contribution is 7.22. The number of fused-ring (bicyclic) bond motifs is 16. The molecule has 0 unspecified atom stereocenters. The van der Waals surface area contributed by atoms with E-state index in [4.69, 9.17) is 0 Å². The Bertz CT molecular complexity index is 8160. The van der Waals surface area contributed by atoms with E-state index in [0.29, 0.717) is 5.56 Å². The summed E-state index contributed by atoms with van der Waals surface area (Å²) < 4.78 is 9.42. The minimum atomic E-state index is -2.68. The van der Waals surface area contributed by atoms with Gasteiger partial charge in [0.15, 0.2) is 16.1 Å². The van der Waals surface area contributed by atoms with Crippen molar-refractivity contribution in [3.8, 4) is 39.9 Å². The van der Waals surface area contributed by atoms with Gasteiger partial charge in [0.05, 0.1) is 55.8 Å². The number of hydrogen-bond acceptors (Lipinski definition) is 3. The predicted octanol–water partition coefficient (Wildman–Crippen LogP) is 25.3. The van der Waals surface area contributed by atoms with Crippen molar-refractivity contribution in [2.24, 2.45) is 0 Å². The fraction of sp³-hybridized carbons (Fsp3) is 0. The van der Waals surface area contributed by atoms with Gasteiger partial charge >= 0.3 is 0 Å². The van der Waals surface area contributed by atoms with Crippen molar-refractivity contribution in [2.45, 2.75) is 0 Å². The van der Waals surface area contributed by atoms with Gasteiger partial charge in [0.1, 0.15) is 0 Å². The largest absolute Gasteiger partial charge is 0.311 e. The van der Waals surface area contributed by atoms with Gasteiger partial charge < -0.3 is 28.1 Å². The SMILES string of the molecule is N#Cc1ccc2c(c1)c1cc(N3c4ccccc4[Si](c4ccccc4)(c4ccccc4)c4ccccc43)ccc1n2-c1ccccc1.c1ccc(-n2c3ccccc3c3cc(-c4ccc5c(c4)c4ccccc4n5-c4ccccc4)ccc32)cc1.c1ccc(-n2c3ccccc3c3cc(N4c5ccccc5[Si](c5ccccc5)(c5ccccc5)c5ccccc54)ccc32)cc1. The van der Waals surface area contributed by atoms with Crippen LogP contribution in [0.4, 0.5) is 34.1 Å². The second-order valence-electron chi connectivity index (χ2n) is 33.6. The highest BCUT2D eigenvalue weighted by Crippen LogP contribution is 2.46. The molecule has 0 fully saturated rings. The first kappa shape index (κ1) is 76.8. The number of rotatable bonds is 11. The lowest BCUT2D eigenvalue weighted by atomic mass is 10.0. The molecule has 0 bridgehead atoms. The Balaban J connectivity index is 0.000000109. The molecule has 0 aliphatic carbocycles. The van der Waals surface area contributed by atoms with Crippen LogP contribution in [-0.4, -0.2) is 34.4 Å². The standard InChI is InChI=1S/C43H29N3Si.C42H30N2Si.C36H24N2/c44-30-31-24-26-38-36(28-31)37-29-33(25-27-39(37)45(38)32-14-4-1-5-15-32)46-40-20-10-12-22-42(40)47(34-16-6-2-7-17-34,35-18-8-3-9-19-35)43-23-13-11-21-41(43)46;1-4-16-31(17-5-1)43-37-23-11-10-22-35(37)36-30-32(28-29-38(36)43)44-39-24-12-14-26-41(39)45(33-18-6-2-7-19-33,34-20-8-3-9-21-34)42-27-15-13-25-40(42)44;1-3-11-27(12-4-1)37-33-17-9-7-15-29(33)31-23-25(19-21-35(31)37)26-20-22-36-32(24-26)30-16-8-10-18-34(30)38(36)28-13-5-2-6-14-28/h1-29H;1-30H;1-24H. The van der Waals surface area contributed by atoms with E-state index in [1.807, 2.05) is 18.2 Å². The lowest BCUT2D eigenvalue weighted by Crippen LogP contribution is -2.77. The molecule has 2 aliphatic rings. The molecule has 7 nitrogen and oxygen atoms in total. The van der Waals surface area contributed by atoms with Gasteiger partial charge in [-0.3, -0.25) is 0 Å². The molecule has 0 saturated heterocycles. The number of anilines is 6. The van der Waals surface area contributed by atoms with Gasteiger partial charge in [-0.15, -0.1) is 0 Å². The van der Waals surface area contributed by atoms with Crippen LogP contribution in [0.5, 0.6) is 0 Å². The molecular formula is C121H83N7Si2. The third-order valence-corrected chi connectivity index (χ3v) is 36.5. The maximum Gasteiger partial charge on any atom is 0.184 e. The van der Waals surface area contributed by atoms with Crippen LogP contribution < -0.4 is 51.3 Å². The lowest BCUT2D eigenvalue weighted by Gasteiger charge is -2.45. The van der Waals surface area contributed by atoms with Gasteiger partial charge in [0, 0.05) is 100.0 Å². The molecule has 0 amide bonds. The summed E-state index contributed by atoms with van der Waals surface area (Å²) in [7, 11) is -5.32. The van der Waals surface area contributed by atoms with E-state index in [-0.39, 0.29) is 0 Å². The monoisotopic (exact) mass is 1690 g/mol. The first-order chi connectivity index (χ1) is 64.5. The van der Waals surface area contributed by atoms with Crippen LogP contribution in [0, 0.1) is 11.3 Å². The highest BCUT2D eigenvalue weighted by Gasteiger charge is 2.50. The molecule has 6 heterocycles. The van der Waals surface area contributed by atoms with Gasteiger partial charge in [-0.05, 0) is 222 Å². The molecule has 610 valence electrons. The molecule has 20 aromatic carbocycles. The Hall–Kier alpha value is -16.9. The summed E-state index contributed by atoms with van der Waals surface area (Å²) in [5.41, 5.74) is 24.5. The predicted molar refractivity (Wildman–Crippen MR) is 551 cm³/mol. The normalized spacial score (nSPS) is 12.9. The zero-order valence-corrected chi connectivity index (χ0v) is 73.1. The van der Waals surface area contributed by atoms with Crippen LogP contribution in [0.1, 0.15) is 5.56 Å². The zero-order chi connectivity index (χ0) is 86.2. The first-order valence-corrected chi connectivity index (χ1v) is 48.5. The third-order valence-electron chi connectivity index (χ3n) is 26.8. The van der Waals surface area contributed by atoms with E-state index >= 15 is 0 Å². The summed E-state index contributed by atoms with van der Waals surface area (Å²) in [5, 5.41) is 30.7. The Labute approximate surface area is 755 Å². The molecule has 0 atom stereocenters. The smallest absolute Gasteiger partial charge is 0.184 e. The molecule has 0 spiro atoms. The van der Waals surface area contributed by atoms with E-state index in [0.717, 1.165) is 33.2 Å². The quantitative estimate of drug-likeness (QED) is 0.121. The second kappa shape index (κ2) is 32.0. The average Bonchev–Trinajstić information content (AvgIpc) is 0.847. The maximum atomic E-state index is 9.85. The van der Waals surface area contributed by atoms with Crippen LogP contribution in [-0.2, 0) is 0 Å². The van der Waals surface area contributed by atoms with Crippen molar-refractivity contribution < 1.29 is 0 Å². The van der Waals surface area contributed by atoms with Gasteiger partial charge in [0.2, 0.25) is 0 Å². The van der Waals surface area contributed by atoms with Crippen molar-refractivity contribution in [2.75, 3.05) is 9.80 Å². The van der Waals surface area contributed by atoms with Gasteiger partial charge in [-0.25, -0.2) is 0 Å². The van der Waals surface area contributed by atoms with Crippen molar-refractivity contribution in [3.05, 3.63) is 509 Å². The Morgan fingerprint density at radius 2 is 0.392 bits per heavy atom. The molecular weight excluding hydrogens is 1610 g/mol. The molecule has 2 aliphatic heterocycles. The van der Waals surface area contributed by atoms with Crippen LogP contribution in [0.25, 0.3) is 121 Å². The average molecular weight is 1690 g/mol. The first-order valence-electron chi connectivity index (χ1n) is 44.5. The zero-order valence-electron chi connectivity index (χ0n) is 71.1. The van der Waals surface area contributed by atoms with E-state index < -0.39 is 16.1 Å². The number of hydrogen-bond donors (Lipinski definition) is 0. The molecule has 4 aromatic heterocycles. The van der Waals surface area contributed by atoms with E-state index in [9.17, 15) is 5.26 Å². The molecule has 26 rings (SSSR count). The molecule has 24 aromatic rings. The van der Waals surface area contributed by atoms with E-state index in [2.05, 4.69) is 519 Å². The topological polar surface area (TPSA) is 50.0 Å². The summed E-state index contributed by atoms with van der Waals surface area (Å²) in [6.07, 6.45) is 0. The minimum Gasteiger partial charge on any atom is -0.311 e. The maximum absolute atomic E-state index is 9.85. The van der Waals surface area contributed by atoms with Crippen LogP contribution >= 0.6 is 0 Å². The molecule has 0 saturated carbocycles. The number of aromatic nitrogens is 4. The van der Waals surface area contributed by atoms with Crippen LogP contribution in [0.3, 0.4) is 0 Å². The fourth-order valence-corrected chi connectivity index (χ4v) is 31.6. The second-order valence-corrected chi connectivity index (χ2v) is 41.1. The number of nitriles is 1. The number of nitrogens with zero attached hydrogens (tertiary/aromatic N) is 7. The minimum absolute atomic E-state index is 0.658. The van der Waals surface area contributed by atoms with Crippen molar-refractivity contribution in [3.63, 3.8) is 0 Å². The van der Waals surface area contributed by atoms with Crippen molar-refractivity contribution >= 4 is 179 Å². The number of para-hydroxylation sites is 11. The molecule has 9 heteroatoms.